The van der Waals surface area contributed by atoms with Crippen LogP contribution in [0.5, 0.6) is 5.75 Å². The zero-order valence-corrected chi connectivity index (χ0v) is 20.5. The van der Waals surface area contributed by atoms with Crippen LogP contribution >= 0.6 is 0 Å². The molecule has 2 aliphatic heterocycles. The maximum absolute atomic E-state index is 13.9. The van der Waals surface area contributed by atoms with E-state index in [2.05, 4.69) is 51.5 Å². The summed E-state index contributed by atoms with van der Waals surface area (Å²) in [5, 5.41) is 3.56. The third kappa shape index (κ3) is 5.01. The second kappa shape index (κ2) is 10.9. The molecule has 3 aliphatic rings. The van der Waals surface area contributed by atoms with Gasteiger partial charge in [-0.3, -0.25) is 9.69 Å². The number of rotatable bonds is 7. The van der Waals surface area contributed by atoms with E-state index >= 15 is 0 Å². The van der Waals surface area contributed by atoms with E-state index in [-0.39, 0.29) is 12.0 Å². The van der Waals surface area contributed by atoms with Gasteiger partial charge in [-0.15, -0.1) is 0 Å². The number of nitrogens with one attached hydrogen (secondary N) is 1. The number of carbonyl (C=O) groups is 1. The summed E-state index contributed by atoms with van der Waals surface area (Å²) in [4.78, 5) is 18.6. The van der Waals surface area contributed by atoms with Gasteiger partial charge in [-0.25, -0.2) is 0 Å². The molecule has 5 rings (SSSR count). The Hall–Kier alpha value is -2.37. The Bertz CT molecular complexity index is 935. The van der Waals surface area contributed by atoms with Gasteiger partial charge in [0, 0.05) is 38.3 Å². The molecule has 1 amide bonds. The molecule has 2 aromatic rings. The van der Waals surface area contributed by atoms with Gasteiger partial charge in [0.15, 0.2) is 0 Å². The highest BCUT2D eigenvalue weighted by molar-refractivity contribution is 5.84. The fourth-order valence-corrected chi connectivity index (χ4v) is 6.48. The minimum absolute atomic E-state index is 0.0745. The van der Waals surface area contributed by atoms with Crippen molar-refractivity contribution >= 4 is 5.91 Å². The predicted molar refractivity (Wildman–Crippen MR) is 136 cm³/mol. The van der Waals surface area contributed by atoms with E-state index in [0.29, 0.717) is 5.91 Å². The van der Waals surface area contributed by atoms with Gasteiger partial charge >= 0.3 is 0 Å². The molecular formula is C29H39N3O2. The first-order chi connectivity index (χ1) is 16.7. The molecule has 5 heteroatoms. The maximum Gasteiger partial charge on any atom is 0.230 e. The summed E-state index contributed by atoms with van der Waals surface area (Å²) in [6, 6.07) is 19.1. The standard InChI is InChI=1S/C29H39N3O2/c1-34-28-14-8-7-13-26(28)27-19-30-16-18-31(27)17-15-25(22-9-3-2-4-10-22)29(33)32-20-23-11-5-6-12-24(23)21-32/h2-4,7-10,13-14,23-25,27,30H,5-6,11-12,15-21H2,1H3. The molecule has 5 nitrogen and oxygen atoms in total. The molecule has 4 atom stereocenters. The third-order valence-electron chi connectivity index (χ3n) is 8.35. The fourth-order valence-electron chi connectivity index (χ4n) is 6.48. The number of likely N-dealkylation sites (tertiary alicyclic amines) is 1. The first-order valence-electron chi connectivity index (χ1n) is 13.2. The molecule has 2 saturated heterocycles. The summed E-state index contributed by atoms with van der Waals surface area (Å²) in [7, 11) is 1.75. The molecule has 0 radical (unpaired) electrons. The monoisotopic (exact) mass is 461 g/mol. The number of para-hydroxylation sites is 1. The van der Waals surface area contributed by atoms with Gasteiger partial charge in [0.1, 0.15) is 5.75 Å². The number of nitrogens with zero attached hydrogens (tertiary/aromatic N) is 2. The largest absolute Gasteiger partial charge is 0.496 e. The minimum atomic E-state index is -0.0745. The highest BCUT2D eigenvalue weighted by Gasteiger charge is 2.39. The minimum Gasteiger partial charge on any atom is -0.496 e. The van der Waals surface area contributed by atoms with E-state index < -0.39 is 0 Å². The lowest BCUT2D eigenvalue weighted by Gasteiger charge is -2.38. The molecule has 1 N–H and O–H groups in total. The fraction of sp³-hybridized carbons (Fsp3) is 0.552. The van der Waals surface area contributed by atoms with E-state index in [0.717, 1.165) is 68.8 Å². The summed E-state index contributed by atoms with van der Waals surface area (Å²) in [6.07, 6.45) is 6.11. The summed E-state index contributed by atoms with van der Waals surface area (Å²) in [5.74, 6) is 2.64. The molecule has 0 spiro atoms. The smallest absolute Gasteiger partial charge is 0.230 e. The van der Waals surface area contributed by atoms with Crippen LogP contribution in [-0.2, 0) is 4.79 Å². The first kappa shape index (κ1) is 23.4. The molecule has 0 aromatic heterocycles. The molecule has 3 fully saturated rings. The Balaban J connectivity index is 1.33. The molecule has 0 bridgehead atoms. The molecule has 2 aromatic carbocycles. The van der Waals surface area contributed by atoms with Crippen molar-refractivity contribution in [2.45, 2.75) is 44.1 Å². The van der Waals surface area contributed by atoms with E-state index in [1.54, 1.807) is 7.11 Å². The topological polar surface area (TPSA) is 44.8 Å². The van der Waals surface area contributed by atoms with Crippen LogP contribution in [-0.4, -0.2) is 62.1 Å². The second-order valence-electron chi connectivity index (χ2n) is 10.3. The van der Waals surface area contributed by atoms with Gasteiger partial charge in [-0.1, -0.05) is 61.4 Å². The Morgan fingerprint density at radius 1 is 1.03 bits per heavy atom. The number of methoxy groups -OCH3 is 1. The van der Waals surface area contributed by atoms with Crippen LogP contribution in [0.4, 0.5) is 0 Å². The van der Waals surface area contributed by atoms with Crippen molar-refractivity contribution in [1.82, 2.24) is 15.1 Å². The van der Waals surface area contributed by atoms with Gasteiger partial charge in [0.2, 0.25) is 5.91 Å². The Kier molecular flexibility index (Phi) is 7.51. The van der Waals surface area contributed by atoms with Crippen LogP contribution in [0.2, 0.25) is 0 Å². The highest BCUT2D eigenvalue weighted by atomic mass is 16.5. The van der Waals surface area contributed by atoms with Crippen LogP contribution in [0.3, 0.4) is 0 Å². The quantitative estimate of drug-likeness (QED) is 0.661. The Labute approximate surface area is 204 Å². The van der Waals surface area contributed by atoms with Crippen LogP contribution < -0.4 is 10.1 Å². The molecule has 34 heavy (non-hydrogen) atoms. The van der Waals surface area contributed by atoms with Crippen LogP contribution in [0, 0.1) is 11.8 Å². The van der Waals surface area contributed by atoms with Crippen molar-refractivity contribution in [1.29, 1.82) is 0 Å². The summed E-state index contributed by atoms with van der Waals surface area (Å²) >= 11 is 0. The molecule has 2 heterocycles. The number of ether oxygens (including phenoxy) is 1. The number of amides is 1. The van der Waals surface area contributed by atoms with Crippen molar-refractivity contribution in [3.63, 3.8) is 0 Å². The Morgan fingerprint density at radius 3 is 2.47 bits per heavy atom. The van der Waals surface area contributed by atoms with Crippen molar-refractivity contribution in [2.24, 2.45) is 11.8 Å². The van der Waals surface area contributed by atoms with Crippen molar-refractivity contribution in [3.8, 4) is 5.75 Å². The van der Waals surface area contributed by atoms with E-state index in [1.807, 2.05) is 18.2 Å². The third-order valence-corrected chi connectivity index (χ3v) is 8.35. The number of hydrogen-bond acceptors (Lipinski definition) is 4. The SMILES string of the molecule is COc1ccccc1C1CNCCN1CCC(C(=O)N1CC2CCCCC2C1)c1ccccc1. The number of piperazine rings is 1. The number of hydrogen-bond donors (Lipinski definition) is 1. The van der Waals surface area contributed by atoms with Gasteiger partial charge < -0.3 is 15.0 Å². The highest BCUT2D eigenvalue weighted by Crippen LogP contribution is 2.38. The van der Waals surface area contributed by atoms with Gasteiger partial charge in [-0.05, 0) is 49.3 Å². The van der Waals surface area contributed by atoms with E-state index in [9.17, 15) is 4.79 Å². The molecular weight excluding hydrogens is 422 g/mol. The molecule has 1 saturated carbocycles. The van der Waals surface area contributed by atoms with Gasteiger partial charge in [-0.2, -0.15) is 0 Å². The summed E-state index contributed by atoms with van der Waals surface area (Å²) in [6.45, 7) is 5.68. The molecule has 182 valence electrons. The average molecular weight is 462 g/mol. The summed E-state index contributed by atoms with van der Waals surface area (Å²) < 4.78 is 5.68. The van der Waals surface area contributed by atoms with Crippen LogP contribution in [0.15, 0.2) is 54.6 Å². The zero-order chi connectivity index (χ0) is 23.3. The normalized spacial score (nSPS) is 26.1. The lowest BCUT2D eigenvalue weighted by molar-refractivity contribution is -0.132. The van der Waals surface area contributed by atoms with Gasteiger partial charge in [0.05, 0.1) is 19.1 Å². The van der Waals surface area contributed by atoms with E-state index in [1.165, 1.54) is 31.2 Å². The Morgan fingerprint density at radius 2 is 1.74 bits per heavy atom. The van der Waals surface area contributed by atoms with E-state index in [4.69, 9.17) is 4.74 Å². The van der Waals surface area contributed by atoms with Crippen molar-refractivity contribution < 1.29 is 9.53 Å². The number of carbonyl (C=O) groups excluding carboxylic acids is 1. The number of benzene rings is 2. The maximum atomic E-state index is 13.9. The van der Waals surface area contributed by atoms with Crippen LogP contribution in [0.1, 0.15) is 55.2 Å². The van der Waals surface area contributed by atoms with Gasteiger partial charge in [0.25, 0.3) is 0 Å². The zero-order valence-electron chi connectivity index (χ0n) is 20.5. The van der Waals surface area contributed by atoms with Crippen LogP contribution in [0.25, 0.3) is 0 Å². The lowest BCUT2D eigenvalue weighted by Crippen LogP contribution is -2.47. The number of fused-ring (bicyclic) bond motifs is 1. The van der Waals surface area contributed by atoms with Crippen molar-refractivity contribution in [2.75, 3.05) is 46.4 Å². The lowest BCUT2D eigenvalue weighted by atomic mass is 9.82. The first-order valence-corrected chi connectivity index (χ1v) is 13.2. The summed E-state index contributed by atoms with van der Waals surface area (Å²) in [5.41, 5.74) is 2.38. The molecule has 1 aliphatic carbocycles. The second-order valence-corrected chi connectivity index (χ2v) is 10.3. The predicted octanol–water partition coefficient (Wildman–Crippen LogP) is 4.46. The van der Waals surface area contributed by atoms with Crippen molar-refractivity contribution in [3.05, 3.63) is 65.7 Å². The average Bonchev–Trinajstić information content (AvgIpc) is 3.34. The molecule has 4 unspecified atom stereocenters.